The van der Waals surface area contributed by atoms with Gasteiger partial charge in [0.25, 0.3) is 0 Å². The zero-order chi connectivity index (χ0) is 12.1. The molecule has 0 fully saturated rings. The fourth-order valence-corrected chi connectivity index (χ4v) is 1.09. The first-order valence-corrected chi connectivity index (χ1v) is 4.68. The Labute approximate surface area is 91.0 Å². The summed E-state index contributed by atoms with van der Waals surface area (Å²) >= 11 is 0. The van der Waals surface area contributed by atoms with Crippen molar-refractivity contribution in [2.45, 2.75) is 13.3 Å². The van der Waals surface area contributed by atoms with E-state index in [2.05, 4.69) is 0 Å². The van der Waals surface area contributed by atoms with E-state index in [0.29, 0.717) is 6.42 Å². The predicted octanol–water partition coefficient (Wildman–Crippen LogP) is 2.30. The van der Waals surface area contributed by atoms with Crippen LogP contribution in [0.5, 0.6) is 0 Å². The van der Waals surface area contributed by atoms with Crippen molar-refractivity contribution in [2.75, 3.05) is 6.61 Å². The zero-order valence-corrected chi connectivity index (χ0v) is 8.60. The van der Waals surface area contributed by atoms with Crippen LogP contribution in [0.4, 0.5) is 10.1 Å². The SMILES string of the molecule is CCCOC(=O)c1cccc([N+](=O)[O-])c1F. The number of nitrogens with zero attached hydrogens (tertiary/aromatic N) is 1. The van der Waals surface area contributed by atoms with Crippen molar-refractivity contribution in [3.05, 3.63) is 39.7 Å². The molecule has 0 saturated heterocycles. The van der Waals surface area contributed by atoms with Gasteiger partial charge in [-0.15, -0.1) is 0 Å². The van der Waals surface area contributed by atoms with Crippen LogP contribution in [0.15, 0.2) is 18.2 Å². The number of esters is 1. The summed E-state index contributed by atoms with van der Waals surface area (Å²) in [6.45, 7) is 1.94. The quantitative estimate of drug-likeness (QED) is 0.449. The third-order valence-corrected chi connectivity index (χ3v) is 1.83. The predicted molar refractivity (Wildman–Crippen MR) is 53.6 cm³/mol. The molecule has 0 radical (unpaired) electrons. The molecule has 0 saturated carbocycles. The highest BCUT2D eigenvalue weighted by molar-refractivity contribution is 5.90. The summed E-state index contributed by atoms with van der Waals surface area (Å²) in [4.78, 5) is 20.9. The van der Waals surface area contributed by atoms with Gasteiger partial charge in [-0.05, 0) is 12.5 Å². The highest BCUT2D eigenvalue weighted by atomic mass is 19.1. The minimum atomic E-state index is -1.16. The van der Waals surface area contributed by atoms with Crippen molar-refractivity contribution in [3.8, 4) is 0 Å². The molecular formula is C10H10FNO4. The van der Waals surface area contributed by atoms with Crippen LogP contribution in [0, 0.1) is 15.9 Å². The van der Waals surface area contributed by atoms with Crippen molar-refractivity contribution >= 4 is 11.7 Å². The average molecular weight is 227 g/mol. The van der Waals surface area contributed by atoms with Crippen LogP contribution in [-0.2, 0) is 4.74 Å². The van der Waals surface area contributed by atoms with Gasteiger partial charge in [0.05, 0.1) is 11.5 Å². The summed E-state index contributed by atoms with van der Waals surface area (Å²) in [5, 5.41) is 10.4. The van der Waals surface area contributed by atoms with Gasteiger partial charge in [-0.25, -0.2) is 4.79 Å². The molecule has 1 aromatic carbocycles. The lowest BCUT2D eigenvalue weighted by Gasteiger charge is -2.03. The van der Waals surface area contributed by atoms with E-state index in [-0.39, 0.29) is 6.61 Å². The molecule has 0 bridgehead atoms. The van der Waals surface area contributed by atoms with Gasteiger partial charge in [0, 0.05) is 6.07 Å². The zero-order valence-electron chi connectivity index (χ0n) is 8.60. The summed E-state index contributed by atoms with van der Waals surface area (Å²) in [6, 6.07) is 3.38. The van der Waals surface area contributed by atoms with Gasteiger partial charge in [-0.2, -0.15) is 4.39 Å². The van der Waals surface area contributed by atoms with Crippen molar-refractivity contribution < 1.29 is 18.8 Å². The highest BCUT2D eigenvalue weighted by Gasteiger charge is 2.22. The van der Waals surface area contributed by atoms with Crippen LogP contribution in [0.3, 0.4) is 0 Å². The van der Waals surface area contributed by atoms with Crippen LogP contribution in [0.1, 0.15) is 23.7 Å². The van der Waals surface area contributed by atoms with Gasteiger partial charge in [0.2, 0.25) is 5.82 Å². The van der Waals surface area contributed by atoms with E-state index in [4.69, 9.17) is 4.74 Å². The first-order chi connectivity index (χ1) is 7.57. The molecule has 16 heavy (non-hydrogen) atoms. The van der Waals surface area contributed by atoms with Gasteiger partial charge >= 0.3 is 11.7 Å². The molecule has 0 aliphatic heterocycles. The summed E-state index contributed by atoms with van der Waals surface area (Å²) in [5.74, 6) is -2.04. The van der Waals surface area contributed by atoms with Crippen LogP contribution >= 0.6 is 0 Å². The van der Waals surface area contributed by atoms with E-state index in [1.165, 1.54) is 6.07 Å². The lowest BCUT2D eigenvalue weighted by Crippen LogP contribution is -2.09. The molecule has 0 unspecified atom stereocenters. The number of hydrogen-bond donors (Lipinski definition) is 0. The smallest absolute Gasteiger partial charge is 0.341 e. The maximum atomic E-state index is 13.5. The van der Waals surface area contributed by atoms with E-state index in [9.17, 15) is 19.3 Å². The number of nitro groups is 1. The van der Waals surface area contributed by atoms with Crippen LogP contribution in [0.25, 0.3) is 0 Å². The number of carbonyl (C=O) groups excluding carboxylic acids is 1. The first kappa shape index (κ1) is 12.1. The standard InChI is InChI=1S/C10H10FNO4/c1-2-6-16-10(13)7-4-3-5-8(9(7)11)12(14)15/h3-5H,2,6H2,1H3. The molecule has 0 aliphatic rings. The molecule has 86 valence electrons. The number of ether oxygens (including phenoxy) is 1. The second-order valence-electron chi connectivity index (χ2n) is 3.03. The van der Waals surface area contributed by atoms with Gasteiger partial charge in [0.1, 0.15) is 5.56 Å². The lowest BCUT2D eigenvalue weighted by atomic mass is 10.2. The number of halogens is 1. The minimum absolute atomic E-state index is 0.154. The Morgan fingerprint density at radius 2 is 2.25 bits per heavy atom. The molecule has 6 heteroatoms. The molecule has 0 spiro atoms. The van der Waals surface area contributed by atoms with Crippen molar-refractivity contribution in [2.24, 2.45) is 0 Å². The number of rotatable bonds is 4. The maximum Gasteiger partial charge on any atom is 0.341 e. The van der Waals surface area contributed by atoms with Crippen molar-refractivity contribution in [1.29, 1.82) is 0 Å². The second kappa shape index (κ2) is 5.20. The Balaban J connectivity index is 3.01. The Hall–Kier alpha value is -1.98. The molecule has 0 heterocycles. The molecule has 1 rings (SSSR count). The van der Waals surface area contributed by atoms with Gasteiger partial charge < -0.3 is 4.74 Å². The summed E-state index contributed by atoms with van der Waals surface area (Å²) < 4.78 is 18.1. The number of hydrogen-bond acceptors (Lipinski definition) is 4. The summed E-state index contributed by atoms with van der Waals surface area (Å²) in [7, 11) is 0. The summed E-state index contributed by atoms with van der Waals surface area (Å²) in [6.07, 6.45) is 0.599. The Bertz CT molecular complexity index is 419. The highest BCUT2D eigenvalue weighted by Crippen LogP contribution is 2.20. The largest absolute Gasteiger partial charge is 0.462 e. The third-order valence-electron chi connectivity index (χ3n) is 1.83. The van der Waals surface area contributed by atoms with E-state index < -0.39 is 28.0 Å². The molecule has 5 nitrogen and oxygen atoms in total. The second-order valence-corrected chi connectivity index (χ2v) is 3.03. The molecule has 1 aromatic rings. The first-order valence-electron chi connectivity index (χ1n) is 4.68. The van der Waals surface area contributed by atoms with Crippen LogP contribution in [0.2, 0.25) is 0 Å². The number of carbonyl (C=O) groups is 1. The maximum absolute atomic E-state index is 13.5. The van der Waals surface area contributed by atoms with Gasteiger partial charge in [-0.3, -0.25) is 10.1 Å². The average Bonchev–Trinajstić information content (AvgIpc) is 2.25. The van der Waals surface area contributed by atoms with E-state index in [1.807, 2.05) is 0 Å². The fourth-order valence-electron chi connectivity index (χ4n) is 1.09. The van der Waals surface area contributed by atoms with Crippen molar-refractivity contribution in [3.63, 3.8) is 0 Å². The molecule has 0 aromatic heterocycles. The fraction of sp³-hybridized carbons (Fsp3) is 0.300. The summed E-state index contributed by atoms with van der Waals surface area (Å²) in [5.41, 5.74) is -1.14. The van der Waals surface area contributed by atoms with Gasteiger partial charge in [0.15, 0.2) is 0 Å². The number of benzene rings is 1. The molecule has 0 amide bonds. The topological polar surface area (TPSA) is 69.4 Å². The minimum Gasteiger partial charge on any atom is -0.462 e. The molecule has 0 N–H and O–H groups in total. The van der Waals surface area contributed by atoms with E-state index in [0.717, 1.165) is 12.1 Å². The Morgan fingerprint density at radius 1 is 1.56 bits per heavy atom. The van der Waals surface area contributed by atoms with Crippen molar-refractivity contribution in [1.82, 2.24) is 0 Å². The third kappa shape index (κ3) is 2.53. The molecular weight excluding hydrogens is 217 g/mol. The van der Waals surface area contributed by atoms with E-state index >= 15 is 0 Å². The normalized spacial score (nSPS) is 9.88. The molecule has 0 aliphatic carbocycles. The Kier molecular flexibility index (Phi) is 3.93. The monoisotopic (exact) mass is 227 g/mol. The number of nitro benzene ring substituents is 1. The van der Waals surface area contributed by atoms with Crippen LogP contribution in [-0.4, -0.2) is 17.5 Å². The molecule has 0 atom stereocenters. The van der Waals surface area contributed by atoms with Crippen LogP contribution < -0.4 is 0 Å². The lowest BCUT2D eigenvalue weighted by molar-refractivity contribution is -0.387. The van der Waals surface area contributed by atoms with Gasteiger partial charge in [-0.1, -0.05) is 13.0 Å². The Morgan fingerprint density at radius 3 is 2.81 bits per heavy atom. The van der Waals surface area contributed by atoms with E-state index in [1.54, 1.807) is 6.92 Å².